The van der Waals surface area contributed by atoms with Crippen molar-refractivity contribution in [2.24, 2.45) is 0 Å². The van der Waals surface area contributed by atoms with Gasteiger partial charge < -0.3 is 19.9 Å². The number of hydrogen-bond acceptors (Lipinski definition) is 2. The molecule has 0 unspecified atom stereocenters. The largest absolute Gasteiger partial charge is 0.494 e. The summed E-state index contributed by atoms with van der Waals surface area (Å²) in [6.07, 6.45) is 0. The molecule has 5 heteroatoms. The average Bonchev–Trinajstić information content (AvgIpc) is 2.65. The Kier molecular flexibility index (Phi) is 5.90. The highest BCUT2D eigenvalue weighted by Gasteiger charge is 2.23. The third-order valence-corrected chi connectivity index (χ3v) is 4.47. The molecule has 2 amide bonds. The van der Waals surface area contributed by atoms with Crippen LogP contribution in [0.25, 0.3) is 0 Å². The molecule has 5 nitrogen and oxygen atoms in total. The summed E-state index contributed by atoms with van der Waals surface area (Å²) >= 11 is 0. The molecule has 0 saturated carbocycles. The summed E-state index contributed by atoms with van der Waals surface area (Å²) in [6, 6.07) is 18.0. The van der Waals surface area contributed by atoms with E-state index in [1.807, 2.05) is 42.2 Å². The van der Waals surface area contributed by atoms with E-state index in [4.69, 9.17) is 4.74 Å². The Hall–Kier alpha value is -2.53. The molecule has 0 bridgehead atoms. The first kappa shape index (κ1) is 17.3. The molecule has 2 N–H and O–H groups in total. The van der Waals surface area contributed by atoms with Crippen LogP contribution in [0.3, 0.4) is 0 Å². The number of piperazine rings is 1. The molecule has 0 atom stereocenters. The Morgan fingerprint density at radius 3 is 2.40 bits per heavy atom. The minimum Gasteiger partial charge on any atom is -0.494 e. The van der Waals surface area contributed by atoms with Crippen molar-refractivity contribution in [2.75, 3.05) is 38.1 Å². The zero-order valence-corrected chi connectivity index (χ0v) is 14.7. The smallest absolute Gasteiger partial charge is 0.322 e. The van der Waals surface area contributed by atoms with Gasteiger partial charge in [-0.05, 0) is 31.2 Å². The highest BCUT2D eigenvalue weighted by molar-refractivity contribution is 5.89. The average molecular weight is 340 g/mol. The number of amides is 2. The maximum Gasteiger partial charge on any atom is 0.322 e. The number of anilines is 1. The van der Waals surface area contributed by atoms with E-state index in [2.05, 4.69) is 29.6 Å². The summed E-state index contributed by atoms with van der Waals surface area (Å²) in [6.45, 7) is 7.14. The highest BCUT2D eigenvalue weighted by Crippen LogP contribution is 2.16. The number of rotatable bonds is 5. The van der Waals surface area contributed by atoms with Gasteiger partial charge in [0.2, 0.25) is 0 Å². The number of carbonyl (C=O) groups is 1. The lowest BCUT2D eigenvalue weighted by Gasteiger charge is -2.32. The molecule has 1 aliphatic rings. The lowest BCUT2D eigenvalue weighted by molar-refractivity contribution is -0.917. The SMILES string of the molecule is CCOc1ccc(NC(=O)N2CC[NH+](Cc3ccccc3)CC2)cc1. The van der Waals surface area contributed by atoms with Crippen molar-refractivity contribution in [3.05, 3.63) is 60.2 Å². The Morgan fingerprint density at radius 2 is 1.76 bits per heavy atom. The van der Waals surface area contributed by atoms with Crippen LogP contribution in [0.5, 0.6) is 5.75 Å². The van der Waals surface area contributed by atoms with Gasteiger partial charge in [-0.15, -0.1) is 0 Å². The minimum absolute atomic E-state index is 0.0251. The molecule has 2 aromatic rings. The second kappa shape index (κ2) is 8.53. The van der Waals surface area contributed by atoms with Gasteiger partial charge in [-0.3, -0.25) is 0 Å². The highest BCUT2D eigenvalue weighted by atomic mass is 16.5. The molecule has 0 aliphatic carbocycles. The van der Waals surface area contributed by atoms with Crippen molar-refractivity contribution in [3.63, 3.8) is 0 Å². The zero-order chi connectivity index (χ0) is 17.5. The first-order valence-electron chi connectivity index (χ1n) is 8.91. The molecule has 0 spiro atoms. The van der Waals surface area contributed by atoms with Crippen LogP contribution in [-0.4, -0.2) is 43.7 Å². The number of urea groups is 1. The quantitative estimate of drug-likeness (QED) is 0.875. The molecular formula is C20H26N3O2+. The van der Waals surface area contributed by atoms with E-state index in [1.165, 1.54) is 10.5 Å². The van der Waals surface area contributed by atoms with Gasteiger partial charge in [-0.2, -0.15) is 0 Å². The number of hydrogen-bond donors (Lipinski definition) is 2. The van der Waals surface area contributed by atoms with Gasteiger partial charge in [0.15, 0.2) is 0 Å². The monoisotopic (exact) mass is 340 g/mol. The van der Waals surface area contributed by atoms with Crippen molar-refractivity contribution in [3.8, 4) is 5.75 Å². The molecule has 0 radical (unpaired) electrons. The second-order valence-corrected chi connectivity index (χ2v) is 6.29. The van der Waals surface area contributed by atoms with Crippen molar-refractivity contribution >= 4 is 11.7 Å². The number of carbonyl (C=O) groups excluding carboxylic acids is 1. The molecule has 1 fully saturated rings. The molecule has 3 rings (SSSR count). The summed E-state index contributed by atoms with van der Waals surface area (Å²) in [5, 5.41) is 2.97. The fraction of sp³-hybridized carbons (Fsp3) is 0.350. The van der Waals surface area contributed by atoms with Crippen molar-refractivity contribution in [2.45, 2.75) is 13.5 Å². The summed E-state index contributed by atoms with van der Waals surface area (Å²) in [7, 11) is 0. The van der Waals surface area contributed by atoms with E-state index in [1.54, 1.807) is 0 Å². The van der Waals surface area contributed by atoms with Crippen molar-refractivity contribution < 1.29 is 14.4 Å². The van der Waals surface area contributed by atoms with Crippen molar-refractivity contribution in [1.29, 1.82) is 0 Å². The third kappa shape index (κ3) is 4.97. The van der Waals surface area contributed by atoms with Gasteiger partial charge in [0, 0.05) is 11.3 Å². The molecule has 132 valence electrons. The van der Waals surface area contributed by atoms with E-state index < -0.39 is 0 Å². The van der Waals surface area contributed by atoms with Crippen LogP contribution in [0.1, 0.15) is 12.5 Å². The predicted molar refractivity (Wildman–Crippen MR) is 99.0 cm³/mol. The summed E-state index contributed by atoms with van der Waals surface area (Å²) in [4.78, 5) is 15.8. The van der Waals surface area contributed by atoms with E-state index >= 15 is 0 Å². The van der Waals surface area contributed by atoms with Gasteiger partial charge in [0.25, 0.3) is 0 Å². The molecular weight excluding hydrogens is 314 g/mol. The van der Waals surface area contributed by atoms with Gasteiger partial charge in [0.1, 0.15) is 12.3 Å². The molecule has 0 aromatic heterocycles. The fourth-order valence-electron chi connectivity index (χ4n) is 3.09. The fourth-order valence-corrected chi connectivity index (χ4v) is 3.09. The first-order chi connectivity index (χ1) is 12.2. The Labute approximate surface area is 149 Å². The van der Waals surface area contributed by atoms with Crippen LogP contribution in [-0.2, 0) is 6.54 Å². The van der Waals surface area contributed by atoms with E-state index in [9.17, 15) is 4.79 Å². The second-order valence-electron chi connectivity index (χ2n) is 6.29. The zero-order valence-electron chi connectivity index (χ0n) is 14.7. The van der Waals surface area contributed by atoms with Crippen LogP contribution in [0.15, 0.2) is 54.6 Å². The van der Waals surface area contributed by atoms with Crippen LogP contribution in [0.2, 0.25) is 0 Å². The number of benzene rings is 2. The molecule has 25 heavy (non-hydrogen) atoms. The van der Waals surface area contributed by atoms with Crippen LogP contribution in [0, 0.1) is 0 Å². The first-order valence-corrected chi connectivity index (χ1v) is 8.91. The van der Waals surface area contributed by atoms with Gasteiger partial charge in [-0.1, -0.05) is 30.3 Å². The van der Waals surface area contributed by atoms with E-state index in [0.29, 0.717) is 6.61 Å². The number of nitrogens with one attached hydrogen (secondary N) is 2. The molecule has 1 saturated heterocycles. The Balaban J connectivity index is 1.46. The summed E-state index contributed by atoms with van der Waals surface area (Å²) in [5.74, 6) is 0.818. The Morgan fingerprint density at radius 1 is 1.08 bits per heavy atom. The predicted octanol–water partition coefficient (Wildman–Crippen LogP) is 2.02. The normalized spacial score (nSPS) is 15.0. The number of quaternary nitrogens is 1. The van der Waals surface area contributed by atoms with E-state index in [0.717, 1.165) is 44.2 Å². The number of nitrogens with zero attached hydrogens (tertiary/aromatic N) is 1. The maximum atomic E-state index is 12.4. The van der Waals surface area contributed by atoms with E-state index in [-0.39, 0.29) is 6.03 Å². The molecule has 1 heterocycles. The lowest BCUT2D eigenvalue weighted by Crippen LogP contribution is -3.13. The third-order valence-electron chi connectivity index (χ3n) is 4.47. The van der Waals surface area contributed by atoms with Gasteiger partial charge >= 0.3 is 6.03 Å². The van der Waals surface area contributed by atoms with Crippen LogP contribution >= 0.6 is 0 Å². The molecule has 1 aliphatic heterocycles. The minimum atomic E-state index is -0.0251. The maximum absolute atomic E-state index is 12.4. The van der Waals surface area contributed by atoms with Gasteiger partial charge in [-0.25, -0.2) is 4.79 Å². The van der Waals surface area contributed by atoms with Crippen LogP contribution in [0.4, 0.5) is 10.5 Å². The Bertz CT molecular complexity index is 665. The summed E-state index contributed by atoms with van der Waals surface area (Å²) < 4.78 is 5.42. The van der Waals surface area contributed by atoms with Crippen molar-refractivity contribution in [1.82, 2.24) is 4.90 Å². The number of ether oxygens (including phenoxy) is 1. The van der Waals surface area contributed by atoms with Crippen LogP contribution < -0.4 is 15.0 Å². The summed E-state index contributed by atoms with van der Waals surface area (Å²) in [5.41, 5.74) is 2.15. The topological polar surface area (TPSA) is 46.0 Å². The molecule has 2 aromatic carbocycles. The van der Waals surface area contributed by atoms with Gasteiger partial charge in [0.05, 0.1) is 32.8 Å². The standard InChI is InChI=1S/C20H25N3O2/c1-2-25-19-10-8-18(9-11-19)21-20(24)23-14-12-22(13-15-23)16-17-6-4-3-5-7-17/h3-11H,2,12-16H2,1H3,(H,21,24)/p+1. The lowest BCUT2D eigenvalue weighted by atomic mass is 10.2.